The van der Waals surface area contributed by atoms with Gasteiger partial charge in [0.2, 0.25) is 6.29 Å². The maximum absolute atomic E-state index is 12.9. The molecule has 2 aromatic carbocycles. The second-order valence-electron chi connectivity index (χ2n) is 6.73. The van der Waals surface area contributed by atoms with E-state index in [2.05, 4.69) is 15.3 Å². The average Bonchev–Trinajstić information content (AvgIpc) is 2.75. The fourth-order valence-corrected chi connectivity index (χ4v) is 4.83. The van der Waals surface area contributed by atoms with E-state index in [0.29, 0.717) is 33.3 Å². The van der Waals surface area contributed by atoms with Crippen molar-refractivity contribution < 1.29 is 13.2 Å². The standard InChI is InChI=1S/C20H15Cl3N4O3S/c21-14-2-4-15(5-3-14)31(29,30)27-8-7-18-13(11-27)10-24-20(25-18)26-19(28)12-1-6-16(22)17(23)9-12/h1-6,9-11,20H,7-8H2,(H,26,28). The lowest BCUT2D eigenvalue weighted by Crippen LogP contribution is -2.38. The Morgan fingerprint density at radius 1 is 1.06 bits per heavy atom. The summed E-state index contributed by atoms with van der Waals surface area (Å²) >= 11 is 17.7. The highest BCUT2D eigenvalue weighted by molar-refractivity contribution is 7.89. The van der Waals surface area contributed by atoms with Crippen LogP contribution in [0.25, 0.3) is 0 Å². The molecule has 31 heavy (non-hydrogen) atoms. The van der Waals surface area contributed by atoms with Crippen molar-refractivity contribution in [2.45, 2.75) is 17.6 Å². The molecule has 0 bridgehead atoms. The quantitative estimate of drug-likeness (QED) is 0.687. The normalized spacial score (nSPS) is 18.2. The van der Waals surface area contributed by atoms with Gasteiger partial charge < -0.3 is 5.32 Å². The summed E-state index contributed by atoms with van der Waals surface area (Å²) in [7, 11) is -3.72. The number of nitrogens with one attached hydrogen (secondary N) is 1. The second-order valence-corrected chi connectivity index (χ2v) is 9.88. The number of allylic oxidation sites excluding steroid dienone is 1. The summed E-state index contributed by atoms with van der Waals surface area (Å²) in [6, 6.07) is 10.5. The van der Waals surface area contributed by atoms with Crippen LogP contribution in [-0.4, -0.2) is 43.4 Å². The third kappa shape index (κ3) is 4.62. The third-order valence-electron chi connectivity index (χ3n) is 4.68. The van der Waals surface area contributed by atoms with E-state index >= 15 is 0 Å². The van der Waals surface area contributed by atoms with E-state index < -0.39 is 22.2 Å². The van der Waals surface area contributed by atoms with Crippen LogP contribution in [0.5, 0.6) is 0 Å². The lowest BCUT2D eigenvalue weighted by Gasteiger charge is -2.28. The molecule has 0 radical (unpaired) electrons. The van der Waals surface area contributed by atoms with Gasteiger partial charge in [0, 0.05) is 41.5 Å². The number of benzene rings is 2. The molecule has 0 saturated carbocycles. The van der Waals surface area contributed by atoms with Crippen LogP contribution in [0.15, 0.2) is 69.1 Å². The summed E-state index contributed by atoms with van der Waals surface area (Å²) in [4.78, 5) is 21.2. The number of halogens is 3. The summed E-state index contributed by atoms with van der Waals surface area (Å²) in [6.07, 6.45) is 2.57. The van der Waals surface area contributed by atoms with Crippen molar-refractivity contribution in [2.24, 2.45) is 9.98 Å². The van der Waals surface area contributed by atoms with E-state index in [1.54, 1.807) is 6.07 Å². The van der Waals surface area contributed by atoms with Crippen molar-refractivity contribution in [1.29, 1.82) is 0 Å². The van der Waals surface area contributed by atoms with Gasteiger partial charge in [0.1, 0.15) is 0 Å². The maximum atomic E-state index is 12.9. The first kappa shape index (κ1) is 21.8. The molecule has 0 fully saturated rings. The average molecular weight is 498 g/mol. The lowest BCUT2D eigenvalue weighted by atomic mass is 10.1. The molecule has 0 spiro atoms. The predicted molar refractivity (Wildman–Crippen MR) is 122 cm³/mol. The van der Waals surface area contributed by atoms with E-state index in [9.17, 15) is 13.2 Å². The van der Waals surface area contributed by atoms with Crippen LogP contribution < -0.4 is 5.32 Å². The summed E-state index contributed by atoms with van der Waals surface area (Å²) < 4.78 is 27.0. The van der Waals surface area contributed by atoms with Gasteiger partial charge in [-0.2, -0.15) is 0 Å². The molecular weight excluding hydrogens is 483 g/mol. The van der Waals surface area contributed by atoms with E-state index in [4.69, 9.17) is 34.8 Å². The van der Waals surface area contributed by atoms with Crippen LogP contribution in [0.3, 0.4) is 0 Å². The van der Waals surface area contributed by atoms with Crippen molar-refractivity contribution in [1.82, 2.24) is 9.62 Å². The molecular formula is C20H15Cl3N4O3S. The number of carbonyl (C=O) groups is 1. The van der Waals surface area contributed by atoms with Crippen molar-refractivity contribution in [3.05, 3.63) is 74.9 Å². The number of hydrogen-bond acceptors (Lipinski definition) is 5. The molecule has 2 aliphatic rings. The van der Waals surface area contributed by atoms with Gasteiger partial charge in [-0.3, -0.25) is 9.10 Å². The minimum absolute atomic E-state index is 0.147. The molecule has 1 unspecified atom stereocenters. The number of aliphatic imine (C=N–C) groups is 2. The molecule has 160 valence electrons. The Labute approximate surface area is 194 Å². The van der Waals surface area contributed by atoms with E-state index in [1.807, 2.05) is 0 Å². The van der Waals surface area contributed by atoms with Gasteiger partial charge in [0.25, 0.3) is 15.9 Å². The summed E-state index contributed by atoms with van der Waals surface area (Å²) in [6.45, 7) is 0.217. The first-order chi connectivity index (χ1) is 14.7. The van der Waals surface area contributed by atoms with Crippen LogP contribution in [0, 0.1) is 0 Å². The molecule has 4 rings (SSSR count). The minimum atomic E-state index is -3.72. The molecule has 0 aliphatic carbocycles. The van der Waals surface area contributed by atoms with E-state index in [-0.39, 0.29) is 16.5 Å². The number of carbonyl (C=O) groups excluding carboxylic acids is 1. The Balaban J connectivity index is 1.49. The zero-order chi connectivity index (χ0) is 22.2. The van der Waals surface area contributed by atoms with Crippen LogP contribution in [-0.2, 0) is 10.0 Å². The number of nitrogens with zero attached hydrogens (tertiary/aromatic N) is 3. The number of fused-ring (bicyclic) bond motifs is 1. The van der Waals surface area contributed by atoms with Gasteiger partial charge in [-0.25, -0.2) is 18.4 Å². The van der Waals surface area contributed by atoms with Crippen LogP contribution in [0.4, 0.5) is 0 Å². The Morgan fingerprint density at radius 3 is 2.52 bits per heavy atom. The fourth-order valence-electron chi connectivity index (χ4n) is 3.07. The van der Waals surface area contributed by atoms with Crippen molar-refractivity contribution in [2.75, 3.05) is 6.54 Å². The third-order valence-corrected chi connectivity index (χ3v) is 7.44. The van der Waals surface area contributed by atoms with E-state index in [0.717, 1.165) is 0 Å². The predicted octanol–water partition coefficient (Wildman–Crippen LogP) is 4.16. The highest BCUT2D eigenvalue weighted by Gasteiger charge is 2.28. The molecule has 7 nitrogen and oxygen atoms in total. The summed E-state index contributed by atoms with van der Waals surface area (Å²) in [5, 5.41) is 3.77. The Kier molecular flexibility index (Phi) is 6.07. The monoisotopic (exact) mass is 496 g/mol. The molecule has 2 heterocycles. The highest BCUT2D eigenvalue weighted by Crippen LogP contribution is 2.25. The molecule has 1 N–H and O–H groups in total. The molecule has 0 aromatic heterocycles. The van der Waals surface area contributed by atoms with Crippen LogP contribution >= 0.6 is 34.8 Å². The Hall–Kier alpha value is -2.39. The van der Waals surface area contributed by atoms with Gasteiger partial charge >= 0.3 is 0 Å². The molecule has 0 saturated heterocycles. The Bertz CT molecular complexity index is 1240. The molecule has 2 aromatic rings. The maximum Gasteiger partial charge on any atom is 0.263 e. The van der Waals surface area contributed by atoms with Gasteiger partial charge in [-0.1, -0.05) is 34.8 Å². The van der Waals surface area contributed by atoms with E-state index in [1.165, 1.54) is 53.1 Å². The molecule has 1 atom stereocenters. The zero-order valence-corrected chi connectivity index (χ0v) is 18.9. The second kappa shape index (κ2) is 8.63. The smallest absolute Gasteiger partial charge is 0.263 e. The summed E-state index contributed by atoms with van der Waals surface area (Å²) in [5.41, 5.74) is 1.57. The zero-order valence-electron chi connectivity index (χ0n) is 15.8. The first-order valence-corrected chi connectivity index (χ1v) is 11.7. The van der Waals surface area contributed by atoms with Gasteiger partial charge in [0.05, 0.1) is 20.7 Å². The molecule has 1 amide bonds. The largest absolute Gasteiger partial charge is 0.312 e. The Morgan fingerprint density at radius 2 is 1.81 bits per heavy atom. The van der Waals surface area contributed by atoms with Gasteiger partial charge in [0.15, 0.2) is 0 Å². The van der Waals surface area contributed by atoms with Gasteiger partial charge in [-0.05, 0) is 42.5 Å². The number of rotatable bonds is 4. The fraction of sp³-hybridized carbons (Fsp3) is 0.150. The first-order valence-electron chi connectivity index (χ1n) is 9.09. The molecule has 11 heteroatoms. The minimum Gasteiger partial charge on any atom is -0.312 e. The SMILES string of the molecule is O=C(NC1N=CC2=CN(S(=O)(=O)c3ccc(Cl)cc3)CCC2=N1)c1ccc(Cl)c(Cl)c1. The van der Waals surface area contributed by atoms with Gasteiger partial charge in [-0.15, -0.1) is 0 Å². The highest BCUT2D eigenvalue weighted by atomic mass is 35.5. The number of amides is 1. The van der Waals surface area contributed by atoms with Crippen molar-refractivity contribution in [3.8, 4) is 0 Å². The molecule has 2 aliphatic heterocycles. The van der Waals surface area contributed by atoms with Crippen LogP contribution in [0.2, 0.25) is 15.1 Å². The topological polar surface area (TPSA) is 91.2 Å². The number of sulfonamides is 1. The lowest BCUT2D eigenvalue weighted by molar-refractivity contribution is 0.0940. The number of hydrogen-bond donors (Lipinski definition) is 1. The van der Waals surface area contributed by atoms with Crippen LogP contribution in [0.1, 0.15) is 16.8 Å². The van der Waals surface area contributed by atoms with Crippen molar-refractivity contribution >= 4 is 62.7 Å². The van der Waals surface area contributed by atoms with Crippen molar-refractivity contribution in [3.63, 3.8) is 0 Å². The summed E-state index contributed by atoms with van der Waals surface area (Å²) in [5.74, 6) is -0.403.